The lowest BCUT2D eigenvalue weighted by Crippen LogP contribution is -2.24. The van der Waals surface area contributed by atoms with Crippen LogP contribution in [-0.2, 0) is 16.4 Å². The smallest absolute Gasteiger partial charge is 0.416 e. The molecule has 0 spiro atoms. The van der Waals surface area contributed by atoms with E-state index in [9.17, 15) is 31.8 Å². The molecule has 30 heavy (non-hydrogen) atoms. The molecule has 0 amide bonds. The Bertz CT molecular complexity index is 1210. The van der Waals surface area contributed by atoms with Gasteiger partial charge in [0.25, 0.3) is 10.2 Å². The Morgan fingerprint density at radius 3 is 2.43 bits per heavy atom. The number of alkyl halides is 3. The Balaban J connectivity index is 2.30. The molecule has 2 aromatic carbocycles. The maximum atomic E-state index is 13.2. The van der Waals surface area contributed by atoms with Crippen molar-refractivity contribution in [1.29, 1.82) is 0 Å². The van der Waals surface area contributed by atoms with Gasteiger partial charge in [-0.2, -0.15) is 21.6 Å². The first-order valence-corrected chi connectivity index (χ1v) is 9.49. The Kier molecular flexibility index (Phi) is 5.22. The first-order valence-electron chi connectivity index (χ1n) is 7.94. The van der Waals surface area contributed by atoms with Crippen LogP contribution < -0.4 is 14.6 Å². The molecule has 0 saturated heterocycles. The number of ether oxygens (including phenoxy) is 1. The Morgan fingerprint density at radius 2 is 1.83 bits per heavy atom. The Morgan fingerprint density at radius 1 is 1.13 bits per heavy atom. The summed E-state index contributed by atoms with van der Waals surface area (Å²) in [6, 6.07) is 5.97. The molecule has 0 aliphatic heterocycles. The van der Waals surface area contributed by atoms with Crippen molar-refractivity contribution < 1.29 is 36.5 Å². The lowest BCUT2D eigenvalue weighted by Gasteiger charge is -2.14. The second-order valence-electron chi connectivity index (χ2n) is 5.92. The van der Waals surface area contributed by atoms with Crippen molar-refractivity contribution in [2.24, 2.45) is 5.14 Å². The van der Waals surface area contributed by atoms with E-state index in [1.807, 2.05) is 4.72 Å². The number of nitrogens with two attached hydrogens (primary N) is 1. The van der Waals surface area contributed by atoms with E-state index in [-0.39, 0.29) is 22.8 Å². The normalized spacial score (nSPS) is 12.0. The van der Waals surface area contributed by atoms with E-state index in [0.29, 0.717) is 0 Å². The first kappa shape index (κ1) is 21.2. The van der Waals surface area contributed by atoms with Crippen LogP contribution in [0.3, 0.4) is 0 Å². The minimum atomic E-state index is -4.68. The average Bonchev–Trinajstić information content (AvgIpc) is 3.02. The van der Waals surface area contributed by atoms with Gasteiger partial charge < -0.3 is 14.9 Å². The summed E-state index contributed by atoms with van der Waals surface area (Å²) in [5.74, 6) is -1.79. The summed E-state index contributed by atoms with van der Waals surface area (Å²) in [5, 5.41) is 32.3. The molecule has 0 bridgehead atoms. The maximum absolute atomic E-state index is 13.2. The predicted molar refractivity (Wildman–Crippen MR) is 98.4 cm³/mol. The highest BCUT2D eigenvalue weighted by Crippen LogP contribution is 2.40. The molecule has 3 rings (SSSR count). The molecule has 3 aromatic rings. The number of aromatic hydroxyl groups is 2. The summed E-state index contributed by atoms with van der Waals surface area (Å²) in [6.45, 7) is 0. The number of methoxy groups -OCH3 is 1. The molecule has 0 fully saturated rings. The summed E-state index contributed by atoms with van der Waals surface area (Å²) in [4.78, 5) is 0. The lowest BCUT2D eigenvalue weighted by molar-refractivity contribution is -0.137. The van der Waals surface area contributed by atoms with Crippen LogP contribution in [0.2, 0.25) is 0 Å². The van der Waals surface area contributed by atoms with Gasteiger partial charge in [0, 0.05) is 6.07 Å². The van der Waals surface area contributed by atoms with Gasteiger partial charge in [-0.1, -0.05) is 6.07 Å². The monoisotopic (exact) mass is 445 g/mol. The summed E-state index contributed by atoms with van der Waals surface area (Å²) in [7, 11) is -3.13. The van der Waals surface area contributed by atoms with Crippen LogP contribution in [0.15, 0.2) is 36.4 Å². The fourth-order valence-electron chi connectivity index (χ4n) is 2.62. The third-order valence-electron chi connectivity index (χ3n) is 3.87. The standard InChI is InChI=1S/C16H14F3N5O5S/c1-29-13-6-10(11(25)7-12(13)26)14-21-22-15(23-30(20,27)28)24(14)9-4-2-3-8(5-9)16(17,18)19/h2-7,25-26H,1H3,(H,22,23)(H2,20,27,28). The molecule has 0 aliphatic rings. The number of anilines is 1. The molecule has 1 heterocycles. The number of phenolic OH excluding ortho intramolecular Hbond substituents is 2. The van der Waals surface area contributed by atoms with Gasteiger partial charge in [0.05, 0.1) is 23.9 Å². The first-order chi connectivity index (χ1) is 13.9. The second kappa shape index (κ2) is 7.38. The SMILES string of the molecule is COc1cc(-c2nnc(NS(N)(=O)=O)n2-c2cccc(C(F)(F)F)c2)c(O)cc1O. The quantitative estimate of drug-likeness (QED) is 0.468. The molecule has 10 nitrogen and oxygen atoms in total. The Hall–Kier alpha value is -3.52. The van der Waals surface area contributed by atoms with Gasteiger partial charge in [-0.05, 0) is 24.3 Å². The molecular weight excluding hydrogens is 431 g/mol. The van der Waals surface area contributed by atoms with Crippen molar-refractivity contribution in [2.75, 3.05) is 11.8 Å². The van der Waals surface area contributed by atoms with E-state index in [4.69, 9.17) is 9.88 Å². The predicted octanol–water partition coefficient (Wildman–Crippen LogP) is 1.99. The topological polar surface area (TPSA) is 153 Å². The molecule has 0 saturated carbocycles. The van der Waals surface area contributed by atoms with Gasteiger partial charge >= 0.3 is 6.18 Å². The summed E-state index contributed by atoms with van der Waals surface area (Å²) >= 11 is 0. The number of rotatable bonds is 5. The molecule has 0 atom stereocenters. The van der Waals surface area contributed by atoms with Crippen LogP contribution in [0, 0.1) is 0 Å². The van der Waals surface area contributed by atoms with Gasteiger partial charge in [0.15, 0.2) is 17.3 Å². The van der Waals surface area contributed by atoms with Crippen LogP contribution >= 0.6 is 0 Å². The highest BCUT2D eigenvalue weighted by molar-refractivity contribution is 7.90. The van der Waals surface area contributed by atoms with E-state index in [1.165, 1.54) is 13.2 Å². The zero-order valence-electron chi connectivity index (χ0n) is 15.0. The zero-order chi connectivity index (χ0) is 22.3. The van der Waals surface area contributed by atoms with Crippen molar-refractivity contribution in [3.63, 3.8) is 0 Å². The molecule has 0 unspecified atom stereocenters. The lowest BCUT2D eigenvalue weighted by atomic mass is 10.1. The largest absolute Gasteiger partial charge is 0.507 e. The van der Waals surface area contributed by atoms with E-state index in [1.54, 1.807) is 0 Å². The number of nitrogens with zero attached hydrogens (tertiary/aromatic N) is 3. The molecule has 5 N–H and O–H groups in total. The van der Waals surface area contributed by atoms with Crippen molar-refractivity contribution in [3.05, 3.63) is 42.0 Å². The number of hydrogen-bond acceptors (Lipinski definition) is 7. The highest BCUT2D eigenvalue weighted by atomic mass is 32.2. The molecule has 1 aromatic heterocycles. The van der Waals surface area contributed by atoms with Crippen LogP contribution in [0.5, 0.6) is 17.2 Å². The van der Waals surface area contributed by atoms with Gasteiger partial charge in [-0.25, -0.2) is 9.86 Å². The van der Waals surface area contributed by atoms with Gasteiger partial charge in [-0.15, -0.1) is 10.2 Å². The van der Waals surface area contributed by atoms with Crippen molar-refractivity contribution in [3.8, 4) is 34.3 Å². The fourth-order valence-corrected chi connectivity index (χ4v) is 3.00. The molecule has 160 valence electrons. The van der Waals surface area contributed by atoms with Crippen LogP contribution in [-0.4, -0.2) is 40.5 Å². The third kappa shape index (κ3) is 4.23. The number of aromatic nitrogens is 3. The summed E-state index contributed by atoms with van der Waals surface area (Å²) in [6.07, 6.45) is -4.68. The van der Waals surface area contributed by atoms with Gasteiger partial charge in [0.1, 0.15) is 5.75 Å². The summed E-state index contributed by atoms with van der Waals surface area (Å²) in [5.41, 5.74) is -1.31. The van der Waals surface area contributed by atoms with Crippen molar-refractivity contribution in [2.45, 2.75) is 6.18 Å². The van der Waals surface area contributed by atoms with E-state index in [2.05, 4.69) is 10.2 Å². The highest BCUT2D eigenvalue weighted by Gasteiger charge is 2.31. The third-order valence-corrected chi connectivity index (χ3v) is 4.33. The number of nitrogens with one attached hydrogen (secondary N) is 1. The maximum Gasteiger partial charge on any atom is 0.416 e. The molecular formula is C16H14F3N5O5S. The number of phenols is 2. The van der Waals surface area contributed by atoms with Crippen molar-refractivity contribution >= 4 is 16.2 Å². The second-order valence-corrected chi connectivity index (χ2v) is 7.21. The van der Waals surface area contributed by atoms with Gasteiger partial charge in [0.2, 0.25) is 5.95 Å². The van der Waals surface area contributed by atoms with E-state index < -0.39 is 39.4 Å². The molecule has 14 heteroatoms. The van der Waals surface area contributed by atoms with Crippen LogP contribution in [0.1, 0.15) is 5.56 Å². The Labute approximate surface area is 167 Å². The minimum absolute atomic E-state index is 0.0812. The summed E-state index contributed by atoms with van der Waals surface area (Å²) < 4.78 is 70.1. The van der Waals surface area contributed by atoms with E-state index >= 15 is 0 Å². The molecule has 0 aliphatic carbocycles. The van der Waals surface area contributed by atoms with Gasteiger partial charge in [-0.3, -0.25) is 4.57 Å². The van der Waals surface area contributed by atoms with E-state index in [0.717, 1.165) is 34.9 Å². The van der Waals surface area contributed by atoms with Crippen LogP contribution in [0.25, 0.3) is 17.1 Å². The molecule has 0 radical (unpaired) electrons. The average molecular weight is 445 g/mol. The van der Waals surface area contributed by atoms with Crippen molar-refractivity contribution in [1.82, 2.24) is 14.8 Å². The number of halogens is 3. The number of benzene rings is 2. The minimum Gasteiger partial charge on any atom is -0.507 e. The van der Waals surface area contributed by atoms with Crippen LogP contribution in [0.4, 0.5) is 19.1 Å². The number of hydrogen-bond donors (Lipinski definition) is 4. The fraction of sp³-hybridized carbons (Fsp3) is 0.125. The zero-order valence-corrected chi connectivity index (χ0v) is 15.9.